The molecule has 1 aliphatic heterocycles. The van der Waals surface area contributed by atoms with Gasteiger partial charge < -0.3 is 4.98 Å². The number of pyridine rings is 1. The summed E-state index contributed by atoms with van der Waals surface area (Å²) in [5, 5.41) is 0.728. The monoisotopic (exact) mass is 378 g/mol. The maximum Gasteiger partial charge on any atom is 0.449 e. The van der Waals surface area contributed by atoms with Crippen LogP contribution in [0.15, 0.2) is 17.1 Å². The van der Waals surface area contributed by atoms with Crippen LogP contribution in [-0.4, -0.2) is 26.4 Å². The lowest BCUT2D eigenvalue weighted by molar-refractivity contribution is -0.145. The zero-order valence-corrected chi connectivity index (χ0v) is 13.6. The van der Waals surface area contributed by atoms with Crippen LogP contribution in [0.2, 0.25) is 10.2 Å². The van der Waals surface area contributed by atoms with E-state index in [9.17, 15) is 18.0 Å². The van der Waals surface area contributed by atoms with Gasteiger partial charge in [0.1, 0.15) is 5.15 Å². The summed E-state index contributed by atoms with van der Waals surface area (Å²) in [7, 11) is 0. The molecule has 1 aliphatic rings. The molecule has 0 radical (unpaired) electrons. The standard InChI is InChI=1S/C14H11Cl2F3N4O/c15-8-3-7(11(16)20-4-8)5-23-2-1-10-9(6-23)12(24)22-13(21-10)14(17,18)19/h3-4H,1-2,5-6H2,(H,21,22,24). The Labute approximate surface area is 144 Å². The molecule has 24 heavy (non-hydrogen) atoms. The van der Waals surface area contributed by atoms with E-state index >= 15 is 0 Å². The van der Waals surface area contributed by atoms with Crippen molar-refractivity contribution in [2.24, 2.45) is 0 Å². The van der Waals surface area contributed by atoms with Crippen molar-refractivity contribution in [1.29, 1.82) is 0 Å². The van der Waals surface area contributed by atoms with Gasteiger partial charge in [0, 0.05) is 37.8 Å². The van der Waals surface area contributed by atoms with E-state index in [0.717, 1.165) is 0 Å². The van der Waals surface area contributed by atoms with E-state index in [-0.39, 0.29) is 24.2 Å². The van der Waals surface area contributed by atoms with Crippen molar-refractivity contribution >= 4 is 23.2 Å². The third kappa shape index (κ3) is 3.55. The van der Waals surface area contributed by atoms with Crippen molar-refractivity contribution in [3.63, 3.8) is 0 Å². The molecule has 0 bridgehead atoms. The fourth-order valence-electron chi connectivity index (χ4n) is 2.57. The van der Waals surface area contributed by atoms with Crippen LogP contribution < -0.4 is 5.56 Å². The molecule has 0 atom stereocenters. The number of alkyl halides is 3. The highest BCUT2D eigenvalue weighted by Crippen LogP contribution is 2.27. The lowest BCUT2D eigenvalue weighted by Gasteiger charge is -2.28. The summed E-state index contributed by atoms with van der Waals surface area (Å²) >= 11 is 11.9. The number of hydrogen-bond donors (Lipinski definition) is 1. The van der Waals surface area contributed by atoms with E-state index in [2.05, 4.69) is 9.97 Å². The maximum absolute atomic E-state index is 12.7. The summed E-state index contributed by atoms with van der Waals surface area (Å²) in [5.41, 5.74) is 0.328. The van der Waals surface area contributed by atoms with Gasteiger partial charge in [-0.25, -0.2) is 9.97 Å². The SMILES string of the molecule is O=c1[nH]c(C(F)(F)F)nc2c1CN(Cc1cc(Cl)cnc1Cl)CC2. The van der Waals surface area contributed by atoms with Gasteiger partial charge in [-0.15, -0.1) is 0 Å². The van der Waals surface area contributed by atoms with Gasteiger partial charge in [-0.05, 0) is 6.07 Å². The van der Waals surface area contributed by atoms with Crippen molar-refractivity contribution in [2.45, 2.75) is 25.7 Å². The first kappa shape index (κ1) is 17.2. The summed E-state index contributed by atoms with van der Waals surface area (Å²) in [6, 6.07) is 1.67. The minimum absolute atomic E-state index is 0.178. The van der Waals surface area contributed by atoms with Gasteiger partial charge in [-0.3, -0.25) is 9.69 Å². The summed E-state index contributed by atoms with van der Waals surface area (Å²) in [4.78, 5) is 23.1. The number of H-pyrrole nitrogens is 1. The van der Waals surface area contributed by atoms with E-state index < -0.39 is 17.6 Å². The van der Waals surface area contributed by atoms with Crippen LogP contribution in [0.3, 0.4) is 0 Å². The van der Waals surface area contributed by atoms with E-state index in [1.54, 1.807) is 11.1 Å². The molecule has 0 saturated heterocycles. The van der Waals surface area contributed by atoms with Crippen LogP contribution in [0.5, 0.6) is 0 Å². The molecule has 10 heteroatoms. The van der Waals surface area contributed by atoms with Gasteiger partial charge in [0.05, 0.1) is 16.3 Å². The molecule has 1 N–H and O–H groups in total. The molecule has 0 amide bonds. The highest BCUT2D eigenvalue weighted by atomic mass is 35.5. The first-order valence-corrected chi connectivity index (χ1v) is 7.71. The van der Waals surface area contributed by atoms with Crippen molar-refractivity contribution < 1.29 is 13.2 Å². The van der Waals surface area contributed by atoms with E-state index in [0.29, 0.717) is 28.8 Å². The summed E-state index contributed by atoms with van der Waals surface area (Å²) in [6.45, 7) is 1.01. The van der Waals surface area contributed by atoms with E-state index in [1.165, 1.54) is 6.20 Å². The van der Waals surface area contributed by atoms with Crippen LogP contribution in [-0.2, 0) is 25.7 Å². The average molecular weight is 379 g/mol. The highest BCUT2D eigenvalue weighted by Gasteiger charge is 2.36. The summed E-state index contributed by atoms with van der Waals surface area (Å²) in [6.07, 6.45) is -3.01. The van der Waals surface area contributed by atoms with Crippen LogP contribution in [0.4, 0.5) is 13.2 Å². The molecule has 3 rings (SSSR count). The minimum Gasteiger partial charge on any atom is -0.303 e. The topological polar surface area (TPSA) is 61.9 Å². The van der Waals surface area contributed by atoms with E-state index in [1.807, 2.05) is 4.90 Å². The molecule has 128 valence electrons. The maximum atomic E-state index is 12.7. The molecule has 2 aromatic heterocycles. The fraction of sp³-hybridized carbons (Fsp3) is 0.357. The number of hydrogen-bond acceptors (Lipinski definition) is 4. The van der Waals surface area contributed by atoms with Gasteiger partial charge in [-0.1, -0.05) is 23.2 Å². The predicted octanol–water partition coefficient (Wildman–Crippen LogP) is 3.05. The van der Waals surface area contributed by atoms with Gasteiger partial charge in [0.15, 0.2) is 0 Å². The molecule has 0 aliphatic carbocycles. The third-order valence-electron chi connectivity index (χ3n) is 3.69. The molecule has 0 fully saturated rings. The quantitative estimate of drug-likeness (QED) is 0.815. The van der Waals surface area contributed by atoms with Gasteiger partial charge in [0.2, 0.25) is 5.82 Å². The molecule has 2 aromatic rings. The molecular weight excluding hydrogens is 368 g/mol. The van der Waals surface area contributed by atoms with Crippen molar-refractivity contribution in [3.05, 3.63) is 55.4 Å². The first-order valence-electron chi connectivity index (χ1n) is 6.95. The molecular formula is C14H11Cl2F3N4O. The predicted molar refractivity (Wildman–Crippen MR) is 81.9 cm³/mol. The summed E-state index contributed by atoms with van der Waals surface area (Å²) < 4.78 is 38.1. The smallest absolute Gasteiger partial charge is 0.303 e. The Bertz CT molecular complexity index is 838. The zero-order chi connectivity index (χ0) is 17.5. The average Bonchev–Trinajstić information content (AvgIpc) is 2.50. The largest absolute Gasteiger partial charge is 0.449 e. The van der Waals surface area contributed by atoms with E-state index in [4.69, 9.17) is 23.2 Å². The highest BCUT2D eigenvalue weighted by molar-refractivity contribution is 6.32. The molecule has 0 unspecified atom stereocenters. The Balaban J connectivity index is 1.85. The molecule has 5 nitrogen and oxygen atoms in total. The molecule has 0 spiro atoms. The number of nitrogens with zero attached hydrogens (tertiary/aromatic N) is 3. The molecule has 0 aromatic carbocycles. The minimum atomic E-state index is -4.68. The van der Waals surface area contributed by atoms with Crippen molar-refractivity contribution in [3.8, 4) is 0 Å². The number of fused-ring (bicyclic) bond motifs is 1. The fourth-order valence-corrected chi connectivity index (χ4v) is 2.91. The Morgan fingerprint density at radius 1 is 1.33 bits per heavy atom. The van der Waals surface area contributed by atoms with Gasteiger partial charge >= 0.3 is 6.18 Å². The van der Waals surface area contributed by atoms with Crippen LogP contribution in [0, 0.1) is 0 Å². The Morgan fingerprint density at radius 3 is 2.79 bits per heavy atom. The summed E-state index contributed by atoms with van der Waals surface area (Å²) in [5.74, 6) is -1.26. The molecule has 0 saturated carbocycles. The Hall–Kier alpha value is -1.64. The van der Waals surface area contributed by atoms with Gasteiger partial charge in [-0.2, -0.15) is 13.2 Å². The second kappa shape index (κ2) is 6.34. The second-order valence-corrected chi connectivity index (χ2v) is 6.20. The van der Waals surface area contributed by atoms with Gasteiger partial charge in [0.25, 0.3) is 5.56 Å². The second-order valence-electron chi connectivity index (χ2n) is 5.40. The Morgan fingerprint density at radius 2 is 2.08 bits per heavy atom. The van der Waals surface area contributed by atoms with Crippen molar-refractivity contribution in [2.75, 3.05) is 6.54 Å². The van der Waals surface area contributed by atoms with Crippen LogP contribution in [0.1, 0.15) is 22.6 Å². The lowest BCUT2D eigenvalue weighted by atomic mass is 10.1. The Kier molecular flexibility index (Phi) is 4.54. The zero-order valence-electron chi connectivity index (χ0n) is 12.1. The molecule has 3 heterocycles. The number of halogens is 5. The van der Waals surface area contributed by atoms with Crippen LogP contribution in [0.25, 0.3) is 0 Å². The lowest BCUT2D eigenvalue weighted by Crippen LogP contribution is -2.36. The van der Waals surface area contributed by atoms with Crippen molar-refractivity contribution in [1.82, 2.24) is 19.9 Å². The third-order valence-corrected chi connectivity index (χ3v) is 4.24. The number of aromatic amines is 1. The normalized spacial score (nSPS) is 15.4. The first-order chi connectivity index (χ1) is 11.2. The number of nitrogens with one attached hydrogen (secondary N) is 1. The van der Waals surface area contributed by atoms with Crippen LogP contribution >= 0.6 is 23.2 Å². The number of rotatable bonds is 2. The number of aromatic nitrogens is 3.